The summed E-state index contributed by atoms with van der Waals surface area (Å²) in [4.78, 5) is 2.46. The molecule has 0 saturated heterocycles. The van der Waals surface area contributed by atoms with Gasteiger partial charge in [-0.05, 0) is 119 Å². The van der Waals surface area contributed by atoms with Crippen LogP contribution in [0.1, 0.15) is 0 Å². The zero-order valence-electron chi connectivity index (χ0n) is 29.0. The van der Waals surface area contributed by atoms with E-state index in [4.69, 9.17) is 0 Å². The summed E-state index contributed by atoms with van der Waals surface area (Å²) >= 11 is 0. The van der Waals surface area contributed by atoms with Crippen molar-refractivity contribution >= 4 is 60.2 Å². The van der Waals surface area contributed by atoms with Gasteiger partial charge in [-0.2, -0.15) is 0 Å². The first-order valence-electron chi connectivity index (χ1n) is 18.3. The number of para-hydroxylation sites is 1. The molecule has 10 aromatic rings. The van der Waals surface area contributed by atoms with Crippen molar-refractivity contribution in [3.05, 3.63) is 200 Å². The van der Waals surface area contributed by atoms with Crippen LogP contribution in [0.4, 0.5) is 17.1 Å². The first kappa shape index (κ1) is 29.7. The molecule has 0 N–H and O–H groups in total. The highest BCUT2D eigenvalue weighted by atomic mass is 15.1. The smallest absolute Gasteiger partial charge is 0.0540 e. The van der Waals surface area contributed by atoms with Crippen molar-refractivity contribution in [1.29, 1.82) is 0 Å². The van der Waals surface area contributed by atoms with Crippen molar-refractivity contribution in [3.63, 3.8) is 0 Å². The molecular formula is C52H33N. The van der Waals surface area contributed by atoms with Crippen LogP contribution in [0.3, 0.4) is 0 Å². The molecule has 0 bridgehead atoms. The summed E-state index contributed by atoms with van der Waals surface area (Å²) in [6, 6.07) is 73.7. The van der Waals surface area contributed by atoms with Crippen molar-refractivity contribution in [1.82, 2.24) is 0 Å². The van der Waals surface area contributed by atoms with E-state index in [0.717, 1.165) is 5.69 Å². The Bertz CT molecular complexity index is 3040. The molecule has 0 radical (unpaired) electrons. The second-order valence-electron chi connectivity index (χ2n) is 14.1. The summed E-state index contributed by atoms with van der Waals surface area (Å²) in [7, 11) is 0. The van der Waals surface area contributed by atoms with Gasteiger partial charge < -0.3 is 4.90 Å². The minimum atomic E-state index is 1.13. The van der Waals surface area contributed by atoms with Crippen LogP contribution in [0.5, 0.6) is 0 Å². The van der Waals surface area contributed by atoms with Crippen LogP contribution in [0.15, 0.2) is 200 Å². The number of rotatable bonds is 3. The maximum Gasteiger partial charge on any atom is 0.0540 e. The summed E-state index contributed by atoms with van der Waals surface area (Å²) in [5.41, 5.74) is 13.2. The number of nitrogens with zero attached hydrogens (tertiary/aromatic N) is 1. The Labute approximate surface area is 308 Å². The fourth-order valence-corrected chi connectivity index (χ4v) is 8.66. The molecule has 0 saturated carbocycles. The van der Waals surface area contributed by atoms with Crippen molar-refractivity contribution < 1.29 is 0 Å². The van der Waals surface area contributed by atoms with Crippen molar-refractivity contribution in [2.75, 3.05) is 4.90 Å². The standard InChI is InChI=1S/C52H33N/c1-2-13-35-30-37(25-24-34(35)12-1)36-14-11-15-40(31-36)53-51-23-10-9-22-48(51)44-19-6-8-21-46(44)50-33-39(27-29-52(50)53)38-26-28-47-43-18-4-3-16-41(43)42-17-5-7-20-45(42)49(47)32-38/h1-33H. The Morgan fingerprint density at radius 1 is 0.245 bits per heavy atom. The van der Waals surface area contributed by atoms with E-state index < -0.39 is 0 Å². The minimum absolute atomic E-state index is 1.13. The fraction of sp³-hybridized carbons (Fsp3) is 0. The highest BCUT2D eigenvalue weighted by molar-refractivity contribution is 6.25. The summed E-state index contributed by atoms with van der Waals surface area (Å²) in [5.74, 6) is 0. The van der Waals surface area contributed by atoms with Gasteiger partial charge in [0.25, 0.3) is 0 Å². The zero-order valence-corrected chi connectivity index (χ0v) is 29.0. The summed E-state index contributed by atoms with van der Waals surface area (Å²) in [6.45, 7) is 0. The largest absolute Gasteiger partial charge is 0.309 e. The lowest BCUT2D eigenvalue weighted by molar-refractivity contribution is 1.29. The van der Waals surface area contributed by atoms with E-state index in [1.54, 1.807) is 0 Å². The maximum atomic E-state index is 2.46. The first-order valence-corrected chi connectivity index (χ1v) is 18.3. The number of hydrogen-bond donors (Lipinski definition) is 0. The van der Waals surface area contributed by atoms with E-state index in [0.29, 0.717) is 0 Å². The molecule has 1 nitrogen and oxygen atoms in total. The Hall–Kier alpha value is -6.96. The Balaban J connectivity index is 1.12. The average molecular weight is 672 g/mol. The van der Waals surface area contributed by atoms with Crippen molar-refractivity contribution in [2.24, 2.45) is 0 Å². The van der Waals surface area contributed by atoms with Crippen LogP contribution in [-0.4, -0.2) is 0 Å². The van der Waals surface area contributed by atoms with Gasteiger partial charge in [0.15, 0.2) is 0 Å². The molecule has 11 rings (SSSR count). The van der Waals surface area contributed by atoms with E-state index in [9.17, 15) is 0 Å². The average Bonchev–Trinajstić information content (AvgIpc) is 3.36. The quantitative estimate of drug-likeness (QED) is 0.169. The third-order valence-electron chi connectivity index (χ3n) is 11.2. The summed E-state index contributed by atoms with van der Waals surface area (Å²) < 4.78 is 0. The number of hydrogen-bond acceptors (Lipinski definition) is 1. The lowest BCUT2D eigenvalue weighted by atomic mass is 9.90. The Morgan fingerprint density at radius 3 is 1.53 bits per heavy atom. The van der Waals surface area contributed by atoms with Gasteiger partial charge in [0.1, 0.15) is 0 Å². The topological polar surface area (TPSA) is 3.24 Å². The van der Waals surface area contributed by atoms with Crippen LogP contribution in [0.25, 0.3) is 87.6 Å². The molecule has 1 aliphatic rings. The SMILES string of the molecule is c1cc(-c2ccc3ccccc3c2)cc(N2c3ccccc3-c3ccccc3-c3cc(-c4ccc5c6ccccc6c6ccccc6c5c4)ccc32)c1. The van der Waals surface area contributed by atoms with Gasteiger partial charge in [-0.25, -0.2) is 0 Å². The number of fused-ring (bicyclic) bond motifs is 12. The van der Waals surface area contributed by atoms with E-state index in [1.165, 1.54) is 99.0 Å². The predicted molar refractivity (Wildman–Crippen MR) is 226 cm³/mol. The molecular weight excluding hydrogens is 639 g/mol. The van der Waals surface area contributed by atoms with Gasteiger partial charge >= 0.3 is 0 Å². The molecule has 1 aliphatic heterocycles. The van der Waals surface area contributed by atoms with Crippen LogP contribution < -0.4 is 4.90 Å². The van der Waals surface area contributed by atoms with Gasteiger partial charge in [-0.3, -0.25) is 0 Å². The predicted octanol–water partition coefficient (Wildman–Crippen LogP) is 14.8. The molecule has 1 heterocycles. The molecule has 0 amide bonds. The van der Waals surface area contributed by atoms with E-state index >= 15 is 0 Å². The second-order valence-corrected chi connectivity index (χ2v) is 14.1. The third-order valence-corrected chi connectivity index (χ3v) is 11.2. The first-order chi connectivity index (χ1) is 26.3. The molecule has 0 aromatic heterocycles. The van der Waals surface area contributed by atoms with Gasteiger partial charge in [0.05, 0.1) is 11.4 Å². The Kier molecular flexibility index (Phi) is 6.62. The molecule has 0 aliphatic carbocycles. The number of benzene rings is 10. The molecule has 0 spiro atoms. The lowest BCUT2D eigenvalue weighted by Gasteiger charge is -2.28. The van der Waals surface area contributed by atoms with E-state index in [1.807, 2.05) is 0 Å². The van der Waals surface area contributed by atoms with E-state index in [2.05, 4.69) is 205 Å². The fourth-order valence-electron chi connectivity index (χ4n) is 8.66. The number of anilines is 3. The highest BCUT2D eigenvalue weighted by Crippen LogP contribution is 2.52. The maximum absolute atomic E-state index is 2.46. The van der Waals surface area contributed by atoms with Gasteiger partial charge in [-0.15, -0.1) is 0 Å². The minimum Gasteiger partial charge on any atom is -0.309 e. The van der Waals surface area contributed by atoms with Gasteiger partial charge in [0.2, 0.25) is 0 Å². The molecule has 10 aromatic carbocycles. The molecule has 0 fully saturated rings. The normalized spacial score (nSPS) is 12.1. The van der Waals surface area contributed by atoms with E-state index in [-0.39, 0.29) is 0 Å². The molecule has 1 heteroatoms. The van der Waals surface area contributed by atoms with Crippen molar-refractivity contribution in [2.45, 2.75) is 0 Å². The zero-order chi connectivity index (χ0) is 34.9. The van der Waals surface area contributed by atoms with Crippen LogP contribution in [0.2, 0.25) is 0 Å². The van der Waals surface area contributed by atoms with Crippen molar-refractivity contribution in [3.8, 4) is 44.5 Å². The molecule has 0 atom stereocenters. The molecule has 0 unspecified atom stereocenters. The monoisotopic (exact) mass is 671 g/mol. The van der Waals surface area contributed by atoms with Gasteiger partial charge in [-0.1, -0.05) is 158 Å². The van der Waals surface area contributed by atoms with Crippen LogP contribution >= 0.6 is 0 Å². The second kappa shape index (κ2) is 11.8. The molecule has 53 heavy (non-hydrogen) atoms. The summed E-state index contributed by atoms with van der Waals surface area (Å²) in [5, 5.41) is 10.3. The lowest BCUT2D eigenvalue weighted by Crippen LogP contribution is -2.11. The van der Waals surface area contributed by atoms with Crippen LogP contribution in [-0.2, 0) is 0 Å². The highest BCUT2D eigenvalue weighted by Gasteiger charge is 2.26. The molecule has 246 valence electrons. The Morgan fingerprint density at radius 2 is 0.755 bits per heavy atom. The summed E-state index contributed by atoms with van der Waals surface area (Å²) in [6.07, 6.45) is 0. The van der Waals surface area contributed by atoms with Crippen LogP contribution in [0, 0.1) is 0 Å². The van der Waals surface area contributed by atoms with Gasteiger partial charge in [0, 0.05) is 16.8 Å². The third kappa shape index (κ3) is 4.71.